The lowest BCUT2D eigenvalue weighted by atomic mass is 10.1. The van der Waals surface area contributed by atoms with Crippen LogP contribution >= 0.6 is 0 Å². The Hall–Kier alpha value is -1.55. The van der Waals surface area contributed by atoms with Crippen LogP contribution in [-0.4, -0.2) is 19.0 Å². The summed E-state index contributed by atoms with van der Waals surface area (Å²) in [7, 11) is 0. The summed E-state index contributed by atoms with van der Waals surface area (Å²) in [5.41, 5.74) is 7.43. The van der Waals surface area contributed by atoms with Gasteiger partial charge >= 0.3 is 0 Å². The van der Waals surface area contributed by atoms with Crippen LogP contribution in [-0.2, 0) is 4.79 Å². The van der Waals surface area contributed by atoms with Crippen molar-refractivity contribution in [2.24, 2.45) is 11.7 Å². The van der Waals surface area contributed by atoms with Gasteiger partial charge in [-0.25, -0.2) is 0 Å². The molecule has 1 aromatic rings. The molecule has 0 aliphatic rings. The Morgan fingerprint density at radius 1 is 1.29 bits per heavy atom. The van der Waals surface area contributed by atoms with E-state index in [1.54, 1.807) is 0 Å². The minimum Gasteiger partial charge on any atom is -0.385 e. The molecule has 1 aromatic carbocycles. The van der Waals surface area contributed by atoms with Crippen LogP contribution < -0.4 is 16.4 Å². The van der Waals surface area contributed by atoms with Gasteiger partial charge in [-0.15, -0.1) is 0 Å². The molecule has 4 heteroatoms. The molecule has 1 amide bonds. The number of rotatable bonds is 6. The number of benzene rings is 1. The summed E-state index contributed by atoms with van der Waals surface area (Å²) in [6, 6.07) is 7.68. The molecule has 0 spiro atoms. The van der Waals surface area contributed by atoms with Gasteiger partial charge < -0.3 is 16.4 Å². The maximum Gasteiger partial charge on any atom is 0.221 e. The second kappa shape index (κ2) is 6.91. The van der Waals surface area contributed by atoms with Gasteiger partial charge in [0.25, 0.3) is 0 Å². The predicted molar refractivity (Wildman–Crippen MR) is 72.1 cm³/mol. The molecule has 0 heterocycles. The molecule has 0 saturated heterocycles. The maximum atomic E-state index is 10.8. The Balaban J connectivity index is 2.37. The van der Waals surface area contributed by atoms with E-state index in [0.717, 1.165) is 30.9 Å². The van der Waals surface area contributed by atoms with Gasteiger partial charge in [0, 0.05) is 24.8 Å². The number of nitrogens with two attached hydrogens (primary N) is 1. The van der Waals surface area contributed by atoms with Crippen LogP contribution in [0.5, 0.6) is 0 Å². The van der Waals surface area contributed by atoms with Crippen molar-refractivity contribution in [1.29, 1.82) is 0 Å². The fraction of sp³-hybridized carbons (Fsp3) is 0.462. The first-order valence-corrected chi connectivity index (χ1v) is 5.93. The topological polar surface area (TPSA) is 67.2 Å². The van der Waals surface area contributed by atoms with Crippen LogP contribution in [0.4, 0.5) is 11.4 Å². The molecule has 0 bridgehead atoms. The number of carbonyl (C=O) groups is 1. The van der Waals surface area contributed by atoms with E-state index in [4.69, 9.17) is 5.73 Å². The highest BCUT2D eigenvalue weighted by Gasteiger charge is 1.99. The molecule has 0 aliphatic heterocycles. The Morgan fingerprint density at radius 2 is 1.88 bits per heavy atom. The number of nitrogens with one attached hydrogen (secondary N) is 2. The zero-order valence-electron chi connectivity index (χ0n) is 10.5. The second-order valence-corrected chi connectivity index (χ2v) is 4.31. The van der Waals surface area contributed by atoms with Gasteiger partial charge in [-0.1, -0.05) is 6.92 Å². The Labute approximate surface area is 103 Å². The van der Waals surface area contributed by atoms with E-state index in [1.807, 2.05) is 24.3 Å². The lowest BCUT2D eigenvalue weighted by molar-refractivity contribution is -0.114. The number of amides is 1. The van der Waals surface area contributed by atoms with Crippen molar-refractivity contribution in [3.8, 4) is 0 Å². The lowest BCUT2D eigenvalue weighted by Crippen LogP contribution is -2.14. The summed E-state index contributed by atoms with van der Waals surface area (Å²) in [5.74, 6) is 0.489. The van der Waals surface area contributed by atoms with Crippen LogP contribution in [0.15, 0.2) is 24.3 Å². The normalized spacial score (nSPS) is 11.9. The first-order chi connectivity index (χ1) is 8.11. The molecule has 1 unspecified atom stereocenters. The molecule has 0 saturated carbocycles. The van der Waals surface area contributed by atoms with E-state index in [-0.39, 0.29) is 5.91 Å². The predicted octanol–water partition coefficient (Wildman–Crippen LogP) is 2.04. The van der Waals surface area contributed by atoms with E-state index < -0.39 is 0 Å². The van der Waals surface area contributed by atoms with Crippen LogP contribution in [0.1, 0.15) is 20.3 Å². The van der Waals surface area contributed by atoms with E-state index in [1.165, 1.54) is 6.92 Å². The van der Waals surface area contributed by atoms with Crippen molar-refractivity contribution in [2.45, 2.75) is 20.3 Å². The zero-order chi connectivity index (χ0) is 12.7. The number of anilines is 2. The minimum atomic E-state index is -0.0533. The summed E-state index contributed by atoms with van der Waals surface area (Å²) in [4.78, 5) is 10.8. The Kier molecular flexibility index (Phi) is 5.49. The number of hydrogen-bond donors (Lipinski definition) is 3. The van der Waals surface area contributed by atoms with Gasteiger partial charge in [0.1, 0.15) is 0 Å². The fourth-order valence-corrected chi connectivity index (χ4v) is 1.46. The molecule has 0 radical (unpaired) electrons. The molecule has 1 atom stereocenters. The Morgan fingerprint density at radius 3 is 2.41 bits per heavy atom. The van der Waals surface area contributed by atoms with Crippen LogP contribution in [0.2, 0.25) is 0 Å². The molecule has 4 N–H and O–H groups in total. The quantitative estimate of drug-likeness (QED) is 0.707. The monoisotopic (exact) mass is 235 g/mol. The van der Waals surface area contributed by atoms with E-state index >= 15 is 0 Å². The van der Waals surface area contributed by atoms with Crippen LogP contribution in [0.3, 0.4) is 0 Å². The molecule has 0 fully saturated rings. The molecule has 0 aromatic heterocycles. The minimum absolute atomic E-state index is 0.0533. The summed E-state index contributed by atoms with van der Waals surface area (Å²) < 4.78 is 0. The molecule has 1 rings (SSSR count). The largest absolute Gasteiger partial charge is 0.385 e. The number of carbonyl (C=O) groups excluding carboxylic acids is 1. The van der Waals surface area contributed by atoms with Crippen molar-refractivity contribution in [3.63, 3.8) is 0 Å². The maximum absolute atomic E-state index is 10.8. The third-order valence-electron chi connectivity index (χ3n) is 2.57. The SMILES string of the molecule is CC(=O)Nc1ccc(NCCC(C)CN)cc1. The van der Waals surface area contributed by atoms with Crippen molar-refractivity contribution in [2.75, 3.05) is 23.7 Å². The van der Waals surface area contributed by atoms with Crippen molar-refractivity contribution in [1.82, 2.24) is 0 Å². The average Bonchev–Trinajstić information content (AvgIpc) is 2.30. The highest BCUT2D eigenvalue weighted by atomic mass is 16.1. The molecule has 4 nitrogen and oxygen atoms in total. The summed E-state index contributed by atoms with van der Waals surface area (Å²) in [5, 5.41) is 6.05. The summed E-state index contributed by atoms with van der Waals surface area (Å²) in [6.45, 7) is 5.28. The van der Waals surface area contributed by atoms with Crippen molar-refractivity contribution in [3.05, 3.63) is 24.3 Å². The standard InChI is InChI=1S/C13H21N3O/c1-10(9-14)7-8-15-12-3-5-13(6-4-12)16-11(2)17/h3-6,10,15H,7-9,14H2,1-2H3,(H,16,17). The third kappa shape index (κ3) is 5.36. The summed E-state index contributed by atoms with van der Waals surface area (Å²) in [6.07, 6.45) is 1.06. The van der Waals surface area contributed by atoms with Crippen molar-refractivity contribution < 1.29 is 4.79 Å². The highest BCUT2D eigenvalue weighted by molar-refractivity contribution is 5.88. The molecule has 0 aliphatic carbocycles. The molecule has 94 valence electrons. The molecule has 17 heavy (non-hydrogen) atoms. The second-order valence-electron chi connectivity index (χ2n) is 4.31. The van der Waals surface area contributed by atoms with Gasteiger partial charge in [0.2, 0.25) is 5.91 Å². The van der Waals surface area contributed by atoms with Crippen LogP contribution in [0.25, 0.3) is 0 Å². The summed E-state index contributed by atoms with van der Waals surface area (Å²) >= 11 is 0. The Bertz CT molecular complexity index is 348. The number of hydrogen-bond acceptors (Lipinski definition) is 3. The van der Waals surface area contributed by atoms with Gasteiger partial charge in [0.15, 0.2) is 0 Å². The van der Waals surface area contributed by atoms with Gasteiger partial charge in [-0.05, 0) is 43.1 Å². The van der Waals surface area contributed by atoms with Gasteiger partial charge in [-0.3, -0.25) is 4.79 Å². The van der Waals surface area contributed by atoms with Crippen LogP contribution in [0, 0.1) is 5.92 Å². The van der Waals surface area contributed by atoms with Gasteiger partial charge in [-0.2, -0.15) is 0 Å². The molecular formula is C13H21N3O. The zero-order valence-corrected chi connectivity index (χ0v) is 10.5. The third-order valence-corrected chi connectivity index (χ3v) is 2.57. The highest BCUT2D eigenvalue weighted by Crippen LogP contribution is 2.13. The van der Waals surface area contributed by atoms with E-state index in [0.29, 0.717) is 5.92 Å². The van der Waals surface area contributed by atoms with Gasteiger partial charge in [0.05, 0.1) is 0 Å². The van der Waals surface area contributed by atoms with E-state index in [2.05, 4.69) is 17.6 Å². The average molecular weight is 235 g/mol. The van der Waals surface area contributed by atoms with E-state index in [9.17, 15) is 4.79 Å². The first-order valence-electron chi connectivity index (χ1n) is 5.93. The first kappa shape index (κ1) is 13.5. The van der Waals surface area contributed by atoms with Crippen molar-refractivity contribution >= 4 is 17.3 Å². The lowest BCUT2D eigenvalue weighted by Gasteiger charge is -2.10. The molecular weight excluding hydrogens is 214 g/mol. The fourth-order valence-electron chi connectivity index (χ4n) is 1.46. The smallest absolute Gasteiger partial charge is 0.221 e.